The van der Waals surface area contributed by atoms with E-state index in [1.807, 2.05) is 4.90 Å². The average molecular weight is 269 g/mol. The number of hydrogen-bond acceptors (Lipinski definition) is 3. The number of hydrogen-bond donors (Lipinski definition) is 1. The summed E-state index contributed by atoms with van der Waals surface area (Å²) in [4.78, 5) is 16.5. The van der Waals surface area contributed by atoms with Crippen LogP contribution < -0.4 is 5.32 Å². The molecule has 4 heteroatoms. The lowest BCUT2D eigenvalue weighted by Gasteiger charge is -2.35. The molecular weight excluding hydrogens is 238 g/mol. The Balaban J connectivity index is 2.16. The molecule has 1 saturated heterocycles. The van der Waals surface area contributed by atoms with Gasteiger partial charge in [0.15, 0.2) is 0 Å². The average Bonchev–Trinajstić information content (AvgIpc) is 2.36. The molecule has 1 aliphatic heterocycles. The Hall–Kier alpha value is -0.610. The maximum absolute atomic E-state index is 12.0. The quantitative estimate of drug-likeness (QED) is 0.762. The summed E-state index contributed by atoms with van der Waals surface area (Å²) < 4.78 is 0. The predicted octanol–water partition coefficient (Wildman–Crippen LogP) is 1.56. The van der Waals surface area contributed by atoms with Crippen molar-refractivity contribution in [3.05, 3.63) is 0 Å². The second-order valence-corrected chi connectivity index (χ2v) is 6.26. The second kappa shape index (κ2) is 8.54. The Kier molecular flexibility index (Phi) is 7.39. The van der Waals surface area contributed by atoms with E-state index in [1.165, 1.54) is 13.0 Å². The maximum atomic E-state index is 12.0. The van der Waals surface area contributed by atoms with E-state index >= 15 is 0 Å². The van der Waals surface area contributed by atoms with Gasteiger partial charge in [0.2, 0.25) is 5.91 Å². The molecule has 1 fully saturated rings. The molecule has 19 heavy (non-hydrogen) atoms. The topological polar surface area (TPSA) is 35.6 Å². The van der Waals surface area contributed by atoms with E-state index in [2.05, 4.69) is 37.9 Å². The molecule has 0 aromatic rings. The van der Waals surface area contributed by atoms with Crippen molar-refractivity contribution in [2.45, 2.75) is 46.6 Å². The summed E-state index contributed by atoms with van der Waals surface area (Å²) >= 11 is 0. The summed E-state index contributed by atoms with van der Waals surface area (Å²) in [6.45, 7) is 14.6. The van der Waals surface area contributed by atoms with Crippen molar-refractivity contribution < 1.29 is 4.79 Å². The molecule has 1 aliphatic rings. The Morgan fingerprint density at radius 2 is 1.74 bits per heavy atom. The van der Waals surface area contributed by atoms with Crippen LogP contribution in [0.5, 0.6) is 0 Å². The monoisotopic (exact) mass is 269 g/mol. The van der Waals surface area contributed by atoms with Crippen LogP contribution in [0.15, 0.2) is 0 Å². The molecule has 0 aromatic carbocycles. The van der Waals surface area contributed by atoms with E-state index in [4.69, 9.17) is 0 Å². The molecule has 1 amide bonds. The van der Waals surface area contributed by atoms with Crippen LogP contribution in [0.25, 0.3) is 0 Å². The zero-order valence-corrected chi connectivity index (χ0v) is 13.1. The Labute approximate surface area is 118 Å². The summed E-state index contributed by atoms with van der Waals surface area (Å²) in [7, 11) is 0. The Bertz CT molecular complexity index is 258. The van der Waals surface area contributed by atoms with E-state index in [0.29, 0.717) is 18.4 Å². The highest BCUT2D eigenvalue weighted by Gasteiger charge is 2.20. The number of piperazine rings is 1. The Morgan fingerprint density at radius 3 is 2.26 bits per heavy atom. The minimum Gasteiger partial charge on any atom is -0.340 e. The molecule has 1 rings (SSSR count). The number of nitrogens with one attached hydrogen (secondary N) is 1. The molecule has 0 aromatic heterocycles. The molecule has 0 aliphatic carbocycles. The highest BCUT2D eigenvalue weighted by atomic mass is 16.2. The molecule has 112 valence electrons. The van der Waals surface area contributed by atoms with Crippen molar-refractivity contribution in [2.75, 3.05) is 39.3 Å². The third kappa shape index (κ3) is 6.92. The third-order valence-electron chi connectivity index (χ3n) is 3.64. The normalized spacial score (nSPS) is 17.5. The van der Waals surface area contributed by atoms with Crippen LogP contribution in [0.4, 0.5) is 0 Å². The second-order valence-electron chi connectivity index (χ2n) is 6.26. The van der Waals surface area contributed by atoms with Gasteiger partial charge < -0.3 is 10.2 Å². The van der Waals surface area contributed by atoms with Gasteiger partial charge in [-0.1, -0.05) is 27.7 Å². The van der Waals surface area contributed by atoms with Gasteiger partial charge in [0.05, 0.1) is 0 Å². The van der Waals surface area contributed by atoms with Gasteiger partial charge in [0.1, 0.15) is 0 Å². The van der Waals surface area contributed by atoms with Gasteiger partial charge >= 0.3 is 0 Å². The van der Waals surface area contributed by atoms with Crippen molar-refractivity contribution in [3.63, 3.8) is 0 Å². The van der Waals surface area contributed by atoms with E-state index in [0.717, 1.165) is 38.6 Å². The van der Waals surface area contributed by atoms with Gasteiger partial charge in [-0.2, -0.15) is 0 Å². The highest BCUT2D eigenvalue weighted by Crippen LogP contribution is 2.07. The summed E-state index contributed by atoms with van der Waals surface area (Å²) in [5.74, 6) is 1.07. The van der Waals surface area contributed by atoms with Crippen LogP contribution in [0.1, 0.15) is 40.5 Å². The van der Waals surface area contributed by atoms with E-state index in [1.54, 1.807) is 0 Å². The fourth-order valence-corrected chi connectivity index (χ4v) is 2.29. The smallest absolute Gasteiger partial charge is 0.223 e. The zero-order valence-electron chi connectivity index (χ0n) is 13.1. The van der Waals surface area contributed by atoms with Crippen molar-refractivity contribution in [2.24, 2.45) is 5.92 Å². The largest absolute Gasteiger partial charge is 0.340 e. The van der Waals surface area contributed by atoms with E-state index in [-0.39, 0.29) is 0 Å². The number of carbonyl (C=O) groups excluding carboxylic acids is 1. The predicted molar refractivity (Wildman–Crippen MR) is 80.2 cm³/mol. The maximum Gasteiger partial charge on any atom is 0.223 e. The SMILES string of the molecule is CC(C)CCN1CCN(C(=O)CCNC(C)C)CC1. The molecule has 0 spiro atoms. The van der Waals surface area contributed by atoms with Crippen molar-refractivity contribution >= 4 is 5.91 Å². The zero-order chi connectivity index (χ0) is 14.3. The van der Waals surface area contributed by atoms with Gasteiger partial charge in [-0.3, -0.25) is 9.69 Å². The summed E-state index contributed by atoms with van der Waals surface area (Å²) in [6, 6.07) is 0.459. The summed E-state index contributed by atoms with van der Waals surface area (Å²) in [5, 5.41) is 3.30. The van der Waals surface area contributed by atoms with Crippen LogP contribution in [0, 0.1) is 5.92 Å². The number of carbonyl (C=O) groups is 1. The van der Waals surface area contributed by atoms with Gasteiger partial charge in [-0.25, -0.2) is 0 Å². The molecule has 4 nitrogen and oxygen atoms in total. The van der Waals surface area contributed by atoms with Crippen LogP contribution in [0.3, 0.4) is 0 Å². The van der Waals surface area contributed by atoms with Gasteiger partial charge in [-0.05, 0) is 18.9 Å². The first kappa shape index (κ1) is 16.4. The molecule has 0 unspecified atom stereocenters. The molecule has 1 heterocycles. The van der Waals surface area contributed by atoms with Crippen LogP contribution in [-0.4, -0.2) is 61.0 Å². The summed E-state index contributed by atoms with van der Waals surface area (Å²) in [5.41, 5.74) is 0. The molecule has 0 saturated carbocycles. The van der Waals surface area contributed by atoms with Gasteiger partial charge in [0.25, 0.3) is 0 Å². The first-order valence-corrected chi connectivity index (χ1v) is 7.72. The number of amides is 1. The number of nitrogens with zero attached hydrogens (tertiary/aromatic N) is 2. The highest BCUT2D eigenvalue weighted by molar-refractivity contribution is 5.76. The number of rotatable bonds is 7. The van der Waals surface area contributed by atoms with Crippen molar-refractivity contribution in [3.8, 4) is 0 Å². The minimum atomic E-state index is 0.302. The van der Waals surface area contributed by atoms with E-state index < -0.39 is 0 Å². The molecular formula is C15H31N3O. The lowest BCUT2D eigenvalue weighted by atomic mass is 10.1. The molecule has 0 atom stereocenters. The molecule has 0 radical (unpaired) electrons. The van der Waals surface area contributed by atoms with E-state index in [9.17, 15) is 4.79 Å². The standard InChI is InChI=1S/C15H31N3O/c1-13(2)6-8-17-9-11-18(12-10-17)15(19)5-7-16-14(3)4/h13-14,16H,5-12H2,1-4H3. The van der Waals surface area contributed by atoms with Gasteiger partial charge in [-0.15, -0.1) is 0 Å². The van der Waals surface area contributed by atoms with Crippen LogP contribution in [-0.2, 0) is 4.79 Å². The fourth-order valence-electron chi connectivity index (χ4n) is 2.29. The lowest BCUT2D eigenvalue weighted by Crippen LogP contribution is -2.49. The van der Waals surface area contributed by atoms with Gasteiger partial charge in [0, 0.05) is 45.2 Å². The fraction of sp³-hybridized carbons (Fsp3) is 0.933. The molecule has 1 N–H and O–H groups in total. The first-order chi connectivity index (χ1) is 8.99. The van der Waals surface area contributed by atoms with Crippen LogP contribution in [0.2, 0.25) is 0 Å². The Morgan fingerprint density at radius 1 is 1.11 bits per heavy atom. The van der Waals surface area contributed by atoms with Crippen LogP contribution >= 0.6 is 0 Å². The first-order valence-electron chi connectivity index (χ1n) is 7.72. The lowest BCUT2D eigenvalue weighted by molar-refractivity contribution is -0.132. The minimum absolute atomic E-state index is 0.302. The van der Waals surface area contributed by atoms with Crippen molar-refractivity contribution in [1.82, 2.24) is 15.1 Å². The third-order valence-corrected chi connectivity index (χ3v) is 3.64. The van der Waals surface area contributed by atoms with Crippen molar-refractivity contribution in [1.29, 1.82) is 0 Å². The summed E-state index contributed by atoms with van der Waals surface area (Å²) in [6.07, 6.45) is 1.89. The molecule has 0 bridgehead atoms.